The molecular formula is C21H34N2O6Si. The summed E-state index contributed by atoms with van der Waals surface area (Å²) in [5.41, 5.74) is 1.29. The lowest BCUT2D eigenvalue weighted by atomic mass is 10.1. The number of aliphatic hydroxyl groups excluding tert-OH is 1. The van der Waals surface area contributed by atoms with Crippen molar-refractivity contribution in [2.24, 2.45) is 0 Å². The van der Waals surface area contributed by atoms with E-state index in [1.807, 2.05) is 6.07 Å². The van der Waals surface area contributed by atoms with Crippen LogP contribution >= 0.6 is 0 Å². The highest BCUT2D eigenvalue weighted by atomic mass is 28.3. The minimum Gasteiger partial charge on any atom is -0.444 e. The Kier molecular flexibility index (Phi) is 7.90. The van der Waals surface area contributed by atoms with E-state index in [0.717, 1.165) is 11.6 Å². The lowest BCUT2D eigenvalue weighted by molar-refractivity contribution is 0.0483. The molecule has 30 heavy (non-hydrogen) atoms. The molecule has 1 amide bonds. The number of rotatable bonds is 9. The summed E-state index contributed by atoms with van der Waals surface area (Å²) < 4.78 is 17.7. The lowest BCUT2D eigenvalue weighted by Crippen LogP contribution is -2.42. The van der Waals surface area contributed by atoms with Gasteiger partial charge in [-0.2, -0.15) is 0 Å². The van der Waals surface area contributed by atoms with Gasteiger partial charge in [-0.25, -0.2) is 14.2 Å². The molecule has 0 aliphatic rings. The van der Waals surface area contributed by atoms with Gasteiger partial charge in [0.15, 0.2) is 5.58 Å². The van der Waals surface area contributed by atoms with Crippen molar-refractivity contribution >= 4 is 25.3 Å². The van der Waals surface area contributed by atoms with Crippen molar-refractivity contribution in [3.63, 3.8) is 0 Å². The van der Waals surface area contributed by atoms with Gasteiger partial charge in [0, 0.05) is 14.7 Å². The third kappa shape index (κ3) is 7.62. The molecular weight excluding hydrogens is 404 g/mol. The molecule has 0 aliphatic heterocycles. The first kappa shape index (κ1) is 24.2. The van der Waals surface area contributed by atoms with Gasteiger partial charge in [0.25, 0.3) is 0 Å². The summed E-state index contributed by atoms with van der Waals surface area (Å²) in [5.74, 6) is -0.472. The van der Waals surface area contributed by atoms with Crippen LogP contribution in [0.15, 0.2) is 27.4 Å². The zero-order valence-corrected chi connectivity index (χ0v) is 19.8. The Labute approximate surface area is 178 Å². The van der Waals surface area contributed by atoms with Crippen LogP contribution in [0.2, 0.25) is 25.7 Å². The second-order valence-electron chi connectivity index (χ2n) is 9.68. The molecule has 0 radical (unpaired) electrons. The third-order valence-electron chi connectivity index (χ3n) is 4.37. The molecule has 2 rings (SSSR count). The SMILES string of the molecule is CC(C)(C)OC(=O)N[C@H](CO)Cc1ccc2c(c1)oc(=O)n2COCC[Si](C)(C)C. The summed E-state index contributed by atoms with van der Waals surface area (Å²) in [5, 5.41) is 12.3. The van der Waals surface area contributed by atoms with E-state index in [0.29, 0.717) is 24.1 Å². The number of carbonyl (C=O) groups excluding carboxylic acids is 1. The van der Waals surface area contributed by atoms with Crippen LogP contribution in [0.1, 0.15) is 26.3 Å². The Balaban J connectivity index is 2.04. The Hall–Kier alpha value is -2.10. The second kappa shape index (κ2) is 9.80. The number of aliphatic hydroxyl groups is 1. The molecule has 2 aromatic rings. The van der Waals surface area contributed by atoms with Crippen molar-refractivity contribution in [3.05, 3.63) is 34.3 Å². The Morgan fingerprint density at radius 1 is 1.30 bits per heavy atom. The van der Waals surface area contributed by atoms with E-state index in [1.54, 1.807) is 32.9 Å². The molecule has 0 saturated heterocycles. The molecule has 9 heteroatoms. The minimum absolute atomic E-state index is 0.148. The number of ether oxygens (including phenoxy) is 2. The summed E-state index contributed by atoms with van der Waals surface area (Å²) >= 11 is 0. The highest BCUT2D eigenvalue weighted by Gasteiger charge is 2.20. The topological polar surface area (TPSA) is 103 Å². The summed E-state index contributed by atoms with van der Waals surface area (Å²) in [7, 11) is -1.19. The first-order chi connectivity index (χ1) is 13.9. The van der Waals surface area contributed by atoms with E-state index in [1.165, 1.54) is 4.57 Å². The van der Waals surface area contributed by atoms with Crippen LogP contribution in [0, 0.1) is 0 Å². The number of nitrogens with one attached hydrogen (secondary N) is 1. The van der Waals surface area contributed by atoms with E-state index < -0.39 is 31.6 Å². The predicted octanol–water partition coefficient (Wildman–Crippen LogP) is 3.33. The van der Waals surface area contributed by atoms with Crippen LogP contribution in [0.5, 0.6) is 0 Å². The number of amides is 1. The Morgan fingerprint density at radius 2 is 2.00 bits per heavy atom. The molecule has 0 spiro atoms. The third-order valence-corrected chi connectivity index (χ3v) is 6.08. The first-order valence-electron chi connectivity index (χ1n) is 10.2. The van der Waals surface area contributed by atoms with Crippen molar-refractivity contribution in [2.75, 3.05) is 13.2 Å². The smallest absolute Gasteiger partial charge is 0.421 e. The van der Waals surface area contributed by atoms with Crippen molar-refractivity contribution in [1.82, 2.24) is 9.88 Å². The summed E-state index contributed by atoms with van der Waals surface area (Å²) in [6, 6.07) is 5.88. The highest BCUT2D eigenvalue weighted by molar-refractivity contribution is 6.76. The Morgan fingerprint density at radius 3 is 2.60 bits per heavy atom. The van der Waals surface area contributed by atoms with Crippen LogP contribution in [-0.2, 0) is 22.6 Å². The average molecular weight is 439 g/mol. The Bertz CT molecular complexity index is 907. The summed E-state index contributed by atoms with van der Waals surface area (Å²) in [6.07, 6.45) is -0.219. The number of hydrogen-bond acceptors (Lipinski definition) is 6. The van der Waals surface area contributed by atoms with Gasteiger partial charge in [0.05, 0.1) is 18.2 Å². The van der Waals surface area contributed by atoms with E-state index >= 15 is 0 Å². The van der Waals surface area contributed by atoms with Gasteiger partial charge in [-0.1, -0.05) is 25.7 Å². The van der Waals surface area contributed by atoms with E-state index in [9.17, 15) is 14.7 Å². The van der Waals surface area contributed by atoms with Crippen LogP contribution in [-0.4, -0.2) is 48.7 Å². The molecule has 0 aliphatic carbocycles. The molecule has 0 fully saturated rings. The number of carbonyl (C=O) groups is 1. The molecule has 8 nitrogen and oxygen atoms in total. The molecule has 1 aromatic heterocycles. The molecule has 0 saturated carbocycles. The monoisotopic (exact) mass is 438 g/mol. The number of oxazole rings is 1. The highest BCUT2D eigenvalue weighted by Crippen LogP contribution is 2.17. The van der Waals surface area contributed by atoms with Crippen molar-refractivity contribution < 1.29 is 23.8 Å². The number of benzene rings is 1. The molecule has 168 valence electrons. The van der Waals surface area contributed by atoms with Gasteiger partial charge in [0.2, 0.25) is 0 Å². The molecule has 1 heterocycles. The first-order valence-corrected chi connectivity index (χ1v) is 13.9. The number of alkyl carbamates (subject to hydrolysis) is 1. The average Bonchev–Trinajstić information content (AvgIpc) is 2.90. The van der Waals surface area contributed by atoms with E-state index in [4.69, 9.17) is 13.9 Å². The molecule has 1 atom stereocenters. The van der Waals surface area contributed by atoms with Gasteiger partial charge in [0.1, 0.15) is 12.3 Å². The van der Waals surface area contributed by atoms with Crippen LogP contribution < -0.4 is 11.1 Å². The quantitative estimate of drug-likeness (QED) is 0.460. The maximum atomic E-state index is 12.2. The predicted molar refractivity (Wildman–Crippen MR) is 119 cm³/mol. The number of nitrogens with zero attached hydrogens (tertiary/aromatic N) is 1. The van der Waals surface area contributed by atoms with Crippen molar-refractivity contribution in [1.29, 1.82) is 0 Å². The van der Waals surface area contributed by atoms with Crippen LogP contribution in [0.25, 0.3) is 11.1 Å². The van der Waals surface area contributed by atoms with Gasteiger partial charge < -0.3 is 24.3 Å². The summed E-state index contributed by atoms with van der Waals surface area (Å²) in [6.45, 7) is 12.7. The van der Waals surface area contributed by atoms with Gasteiger partial charge in [-0.15, -0.1) is 0 Å². The zero-order chi connectivity index (χ0) is 22.5. The van der Waals surface area contributed by atoms with Gasteiger partial charge in [-0.05, 0) is 50.9 Å². The normalized spacial score (nSPS) is 13.4. The fourth-order valence-corrected chi connectivity index (χ4v) is 3.57. The molecule has 1 aromatic carbocycles. The number of aromatic nitrogens is 1. The lowest BCUT2D eigenvalue weighted by Gasteiger charge is -2.22. The van der Waals surface area contributed by atoms with Crippen LogP contribution in [0.3, 0.4) is 0 Å². The van der Waals surface area contributed by atoms with Gasteiger partial charge >= 0.3 is 11.8 Å². The standard InChI is InChI=1S/C21H34N2O6Si/c1-21(2,3)29-19(25)22-16(13-24)11-15-7-8-17-18(12-15)28-20(26)23(17)14-27-9-10-30(4,5)6/h7-8,12,16,24H,9-11,13-14H2,1-6H3,(H,22,25)/t16-/m0/s1. The number of hydrogen-bond donors (Lipinski definition) is 2. The van der Waals surface area contributed by atoms with Gasteiger partial charge in [-0.3, -0.25) is 0 Å². The van der Waals surface area contributed by atoms with Crippen molar-refractivity contribution in [2.45, 2.75) is 71.3 Å². The van der Waals surface area contributed by atoms with Crippen LogP contribution in [0.4, 0.5) is 4.79 Å². The van der Waals surface area contributed by atoms with Crippen molar-refractivity contribution in [3.8, 4) is 0 Å². The maximum absolute atomic E-state index is 12.2. The molecule has 0 unspecified atom stereocenters. The fourth-order valence-electron chi connectivity index (χ4n) is 2.81. The largest absolute Gasteiger partial charge is 0.444 e. The molecule has 2 N–H and O–H groups in total. The number of fused-ring (bicyclic) bond motifs is 1. The maximum Gasteiger partial charge on any atom is 0.421 e. The van der Waals surface area contributed by atoms with E-state index in [2.05, 4.69) is 25.0 Å². The van der Waals surface area contributed by atoms with E-state index in [-0.39, 0.29) is 13.3 Å². The zero-order valence-electron chi connectivity index (χ0n) is 18.8. The second-order valence-corrected chi connectivity index (χ2v) is 15.3. The molecule has 0 bridgehead atoms. The summed E-state index contributed by atoms with van der Waals surface area (Å²) in [4.78, 5) is 24.2. The minimum atomic E-state index is -1.19. The fraction of sp³-hybridized carbons (Fsp3) is 0.619.